The smallest absolute Gasteiger partial charge is 0.338 e. The van der Waals surface area contributed by atoms with Crippen LogP contribution in [0.15, 0.2) is 23.4 Å². The molecule has 2 N–H and O–H groups in total. The highest BCUT2D eigenvalue weighted by Gasteiger charge is 2.21. The molecule has 0 radical (unpaired) electrons. The number of aromatic nitrogens is 2. The third kappa shape index (κ3) is 4.34. The molecule has 1 aromatic carbocycles. The van der Waals surface area contributed by atoms with Gasteiger partial charge in [0.25, 0.3) is 0 Å². The van der Waals surface area contributed by atoms with Gasteiger partial charge in [-0.3, -0.25) is 10.1 Å². The lowest BCUT2D eigenvalue weighted by molar-refractivity contribution is -0.119. The molecule has 1 aromatic heterocycles. The maximum atomic E-state index is 12.1. The lowest BCUT2D eigenvalue weighted by Crippen LogP contribution is -2.41. The topological polar surface area (TPSA) is 102 Å². The first-order valence-electron chi connectivity index (χ1n) is 8.27. The number of hydrogen-bond donors (Lipinski definition) is 2. The molecule has 0 bridgehead atoms. The Morgan fingerprint density at radius 1 is 1.31 bits per heavy atom. The van der Waals surface area contributed by atoms with E-state index < -0.39 is 23.2 Å². The van der Waals surface area contributed by atoms with Gasteiger partial charge in [0.05, 0.1) is 28.5 Å². The third-order valence-corrected chi connectivity index (χ3v) is 4.75. The molecule has 1 atom stereocenters. The van der Waals surface area contributed by atoms with E-state index in [-0.39, 0.29) is 0 Å². The van der Waals surface area contributed by atoms with Crippen molar-refractivity contribution in [2.24, 2.45) is 0 Å². The highest BCUT2D eigenvalue weighted by molar-refractivity contribution is 8.00. The quantitative estimate of drug-likeness (QED) is 0.590. The highest BCUT2D eigenvalue weighted by atomic mass is 32.2. The second kappa shape index (κ2) is 8.70. The van der Waals surface area contributed by atoms with E-state index in [0.717, 1.165) is 5.52 Å². The normalized spacial score (nSPS) is 11.8. The molecule has 0 saturated carbocycles. The van der Waals surface area contributed by atoms with Gasteiger partial charge in [-0.2, -0.15) is 0 Å². The van der Waals surface area contributed by atoms with Gasteiger partial charge in [0, 0.05) is 13.6 Å². The fourth-order valence-electron chi connectivity index (χ4n) is 2.33. The highest BCUT2D eigenvalue weighted by Crippen LogP contribution is 2.28. The van der Waals surface area contributed by atoms with Crippen LogP contribution in [0.1, 0.15) is 31.1 Å². The fourth-order valence-corrected chi connectivity index (χ4v) is 3.32. The summed E-state index contributed by atoms with van der Waals surface area (Å²) in [6, 6.07) is 4.64. The maximum absolute atomic E-state index is 12.1. The number of amides is 3. The van der Waals surface area contributed by atoms with E-state index in [1.165, 1.54) is 18.8 Å². The summed E-state index contributed by atoms with van der Waals surface area (Å²) < 4.78 is 6.97. The summed E-state index contributed by atoms with van der Waals surface area (Å²) in [5.41, 5.74) is 1.95. The lowest BCUT2D eigenvalue weighted by Gasteiger charge is -2.11. The minimum atomic E-state index is -0.550. The number of esters is 1. The number of carbonyl (C=O) groups is 3. The number of nitrogens with zero attached hydrogens (tertiary/aromatic N) is 2. The van der Waals surface area contributed by atoms with E-state index in [2.05, 4.69) is 15.6 Å². The Morgan fingerprint density at radius 2 is 2.04 bits per heavy atom. The number of thioether (sulfide) groups is 1. The Hall–Kier alpha value is -2.55. The monoisotopic (exact) mass is 378 g/mol. The van der Waals surface area contributed by atoms with Crippen LogP contribution in [-0.2, 0) is 16.1 Å². The van der Waals surface area contributed by atoms with Crippen LogP contribution in [0, 0.1) is 0 Å². The average Bonchev–Trinajstić information content (AvgIpc) is 2.97. The largest absolute Gasteiger partial charge is 0.462 e. The van der Waals surface area contributed by atoms with Crippen molar-refractivity contribution in [2.75, 3.05) is 13.7 Å². The van der Waals surface area contributed by atoms with Crippen molar-refractivity contribution in [3.8, 4) is 0 Å². The molecule has 0 aliphatic rings. The molecule has 3 amide bonds. The summed E-state index contributed by atoms with van der Waals surface area (Å²) in [5, 5.41) is 4.72. The van der Waals surface area contributed by atoms with Crippen molar-refractivity contribution in [3.05, 3.63) is 23.8 Å². The van der Waals surface area contributed by atoms with Crippen LogP contribution in [-0.4, -0.2) is 46.4 Å². The molecule has 0 spiro atoms. The zero-order valence-corrected chi connectivity index (χ0v) is 16.0. The Bertz CT molecular complexity index is 834. The molecule has 8 nitrogen and oxygen atoms in total. The number of fused-ring (bicyclic) bond motifs is 1. The molecule has 2 aromatic rings. The summed E-state index contributed by atoms with van der Waals surface area (Å²) in [4.78, 5) is 39.8. The van der Waals surface area contributed by atoms with Gasteiger partial charge in [-0.15, -0.1) is 0 Å². The number of ether oxygens (including phenoxy) is 1. The number of rotatable bonds is 6. The molecule has 2 rings (SSSR count). The molecule has 140 valence electrons. The summed E-state index contributed by atoms with van der Waals surface area (Å²) in [6.45, 7) is 6.38. The minimum absolute atomic E-state index is 0.305. The first-order valence-corrected chi connectivity index (χ1v) is 9.15. The average molecular weight is 378 g/mol. The molecule has 0 aliphatic heterocycles. The number of imidazole rings is 1. The summed E-state index contributed by atoms with van der Waals surface area (Å²) >= 11 is 1.25. The molecule has 1 heterocycles. The van der Waals surface area contributed by atoms with Crippen molar-refractivity contribution >= 4 is 40.7 Å². The Kier molecular flexibility index (Phi) is 6.62. The van der Waals surface area contributed by atoms with Crippen LogP contribution >= 0.6 is 11.8 Å². The van der Waals surface area contributed by atoms with Crippen LogP contribution in [0.3, 0.4) is 0 Å². The number of hydrogen-bond acceptors (Lipinski definition) is 6. The second-order valence-electron chi connectivity index (χ2n) is 5.39. The van der Waals surface area contributed by atoms with Crippen LogP contribution in [0.2, 0.25) is 0 Å². The van der Waals surface area contributed by atoms with Gasteiger partial charge in [-0.1, -0.05) is 11.8 Å². The van der Waals surface area contributed by atoms with Crippen LogP contribution < -0.4 is 10.6 Å². The van der Waals surface area contributed by atoms with E-state index in [1.54, 1.807) is 26.0 Å². The Labute approximate surface area is 155 Å². The Balaban J connectivity index is 2.28. The van der Waals surface area contributed by atoms with Crippen molar-refractivity contribution in [1.82, 2.24) is 20.2 Å². The standard InChI is InChI=1S/C17H22N4O4S/c1-5-21-13-8-7-11(15(23)25-6-2)9-12(13)19-17(21)26-10(3)14(22)20-16(24)18-4/h7-10H,5-6H2,1-4H3,(H2,18,20,22,24). The molecule has 9 heteroatoms. The molecule has 26 heavy (non-hydrogen) atoms. The summed E-state index contributed by atoms with van der Waals surface area (Å²) in [6.07, 6.45) is 0. The first kappa shape index (κ1) is 19.8. The van der Waals surface area contributed by atoms with Gasteiger partial charge in [0.2, 0.25) is 5.91 Å². The zero-order chi connectivity index (χ0) is 19.3. The number of aryl methyl sites for hydroxylation is 1. The predicted molar refractivity (Wildman–Crippen MR) is 99.3 cm³/mol. The van der Waals surface area contributed by atoms with Crippen molar-refractivity contribution in [2.45, 2.75) is 37.7 Å². The van der Waals surface area contributed by atoms with Gasteiger partial charge >= 0.3 is 12.0 Å². The molecular weight excluding hydrogens is 356 g/mol. The summed E-state index contributed by atoms with van der Waals surface area (Å²) in [5.74, 6) is -0.802. The van der Waals surface area contributed by atoms with Crippen LogP contribution in [0.5, 0.6) is 0 Å². The van der Waals surface area contributed by atoms with E-state index >= 15 is 0 Å². The number of urea groups is 1. The van der Waals surface area contributed by atoms with Gasteiger partial charge in [-0.05, 0) is 39.0 Å². The van der Waals surface area contributed by atoms with Crippen LogP contribution in [0.4, 0.5) is 4.79 Å². The molecule has 0 aliphatic carbocycles. The lowest BCUT2D eigenvalue weighted by atomic mass is 10.2. The number of nitrogens with one attached hydrogen (secondary N) is 2. The van der Waals surface area contributed by atoms with Gasteiger partial charge in [0.1, 0.15) is 0 Å². The van der Waals surface area contributed by atoms with E-state index in [1.807, 2.05) is 17.6 Å². The van der Waals surface area contributed by atoms with Crippen LogP contribution in [0.25, 0.3) is 11.0 Å². The van der Waals surface area contributed by atoms with Gasteiger partial charge in [-0.25, -0.2) is 14.6 Å². The molecule has 0 fully saturated rings. The van der Waals surface area contributed by atoms with Crippen molar-refractivity contribution < 1.29 is 19.1 Å². The minimum Gasteiger partial charge on any atom is -0.462 e. The van der Waals surface area contributed by atoms with E-state index in [4.69, 9.17) is 4.74 Å². The third-order valence-electron chi connectivity index (χ3n) is 3.66. The zero-order valence-electron chi connectivity index (χ0n) is 15.2. The Morgan fingerprint density at radius 3 is 2.65 bits per heavy atom. The second-order valence-corrected chi connectivity index (χ2v) is 6.70. The number of benzene rings is 1. The fraction of sp³-hybridized carbons (Fsp3) is 0.412. The maximum Gasteiger partial charge on any atom is 0.338 e. The predicted octanol–water partition coefficient (Wildman–Crippen LogP) is 2.17. The van der Waals surface area contributed by atoms with Crippen molar-refractivity contribution in [3.63, 3.8) is 0 Å². The molecular formula is C17H22N4O4S. The van der Waals surface area contributed by atoms with Crippen molar-refractivity contribution in [1.29, 1.82) is 0 Å². The van der Waals surface area contributed by atoms with E-state index in [9.17, 15) is 14.4 Å². The first-order chi connectivity index (χ1) is 12.4. The molecule has 1 unspecified atom stereocenters. The van der Waals surface area contributed by atoms with E-state index in [0.29, 0.717) is 29.4 Å². The SMILES string of the molecule is CCOC(=O)c1ccc2c(c1)nc(SC(C)C(=O)NC(=O)NC)n2CC. The van der Waals surface area contributed by atoms with Gasteiger partial charge in [0.15, 0.2) is 5.16 Å². The van der Waals surface area contributed by atoms with Gasteiger partial charge < -0.3 is 14.6 Å². The number of carbonyl (C=O) groups excluding carboxylic acids is 3. The number of imide groups is 1. The summed E-state index contributed by atoms with van der Waals surface area (Å²) in [7, 11) is 1.44. The molecule has 0 saturated heterocycles.